The Hall–Kier alpha value is -2.28. The molecule has 0 unspecified atom stereocenters. The number of nitrogens with zero attached hydrogens (tertiary/aromatic N) is 2. The summed E-state index contributed by atoms with van der Waals surface area (Å²) in [7, 11) is -2.35. The maximum absolute atomic E-state index is 12.8. The van der Waals surface area contributed by atoms with Crippen LogP contribution in [0, 0.1) is 13.8 Å². The average molecular weight is 336 g/mol. The van der Waals surface area contributed by atoms with Crippen LogP contribution in [-0.4, -0.2) is 31.1 Å². The molecular weight excluding hydrogens is 316 g/mol. The zero-order chi connectivity index (χ0) is 17.4. The van der Waals surface area contributed by atoms with Gasteiger partial charge in [0.05, 0.1) is 5.69 Å². The first-order chi connectivity index (χ1) is 10.7. The van der Waals surface area contributed by atoms with Crippen molar-refractivity contribution in [1.29, 1.82) is 0 Å². The van der Waals surface area contributed by atoms with Gasteiger partial charge in [-0.3, -0.25) is 4.31 Å². The van der Waals surface area contributed by atoms with Gasteiger partial charge in [0.2, 0.25) is 0 Å². The Balaban J connectivity index is 2.54. The third-order valence-electron chi connectivity index (χ3n) is 4.00. The number of carbonyl (C=O) groups is 1. The molecule has 23 heavy (non-hydrogen) atoms. The van der Waals surface area contributed by atoms with Crippen LogP contribution in [-0.2, 0) is 16.6 Å². The van der Waals surface area contributed by atoms with Gasteiger partial charge in [0.25, 0.3) is 10.0 Å². The summed E-state index contributed by atoms with van der Waals surface area (Å²) < 4.78 is 28.2. The number of carboxylic acids is 1. The number of rotatable bonds is 5. The summed E-state index contributed by atoms with van der Waals surface area (Å²) in [5.41, 5.74) is 2.39. The first-order valence-electron chi connectivity index (χ1n) is 7.18. The lowest BCUT2D eigenvalue weighted by molar-refractivity contribution is 0.0685. The van der Waals surface area contributed by atoms with Crippen molar-refractivity contribution in [3.05, 3.63) is 47.3 Å². The van der Waals surface area contributed by atoms with E-state index in [0.29, 0.717) is 12.2 Å². The first kappa shape index (κ1) is 17.1. The third kappa shape index (κ3) is 2.96. The lowest BCUT2D eigenvalue weighted by Crippen LogP contribution is -2.27. The molecule has 1 aromatic heterocycles. The number of aromatic nitrogens is 1. The highest BCUT2D eigenvalue weighted by Crippen LogP contribution is 2.28. The molecule has 0 aliphatic rings. The van der Waals surface area contributed by atoms with Crippen molar-refractivity contribution in [2.45, 2.75) is 32.2 Å². The second-order valence-corrected chi connectivity index (χ2v) is 7.31. The predicted octanol–water partition coefficient (Wildman–Crippen LogP) is 2.65. The van der Waals surface area contributed by atoms with E-state index in [1.54, 1.807) is 19.1 Å². The average Bonchev–Trinajstić information content (AvgIpc) is 2.94. The number of benzene rings is 1. The molecule has 2 rings (SSSR count). The fraction of sp³-hybridized carbons (Fsp3) is 0.312. The van der Waals surface area contributed by atoms with E-state index >= 15 is 0 Å². The fourth-order valence-corrected chi connectivity index (χ4v) is 3.72. The Kier molecular flexibility index (Phi) is 4.51. The lowest BCUT2D eigenvalue weighted by atomic mass is 10.1. The molecule has 0 radical (unpaired) electrons. The number of hydrogen-bond donors (Lipinski definition) is 1. The zero-order valence-electron chi connectivity index (χ0n) is 13.6. The summed E-state index contributed by atoms with van der Waals surface area (Å²) >= 11 is 0. The fourth-order valence-electron chi connectivity index (χ4n) is 2.43. The van der Waals surface area contributed by atoms with Crippen molar-refractivity contribution in [3.63, 3.8) is 0 Å². The van der Waals surface area contributed by atoms with Crippen LogP contribution < -0.4 is 4.31 Å². The Morgan fingerprint density at radius 3 is 2.48 bits per heavy atom. The smallest absolute Gasteiger partial charge is 0.352 e. The Bertz CT molecular complexity index is 853. The molecule has 1 N–H and O–H groups in total. The lowest BCUT2D eigenvalue weighted by Gasteiger charge is -2.21. The van der Waals surface area contributed by atoms with Crippen molar-refractivity contribution < 1.29 is 18.3 Å². The van der Waals surface area contributed by atoms with Gasteiger partial charge in [0.1, 0.15) is 10.6 Å². The van der Waals surface area contributed by atoms with Gasteiger partial charge in [-0.2, -0.15) is 0 Å². The van der Waals surface area contributed by atoms with Crippen LogP contribution >= 0.6 is 0 Å². The first-order valence-corrected chi connectivity index (χ1v) is 8.62. The second kappa shape index (κ2) is 6.08. The second-order valence-electron chi connectivity index (χ2n) is 5.34. The molecule has 0 saturated heterocycles. The van der Waals surface area contributed by atoms with E-state index in [2.05, 4.69) is 0 Å². The molecule has 0 aliphatic heterocycles. The molecule has 0 saturated carbocycles. The standard InChI is InChI=1S/C16H20N2O4S/c1-5-18-10-13(9-15(18)16(19)20)23(21,22)17(4)14-8-6-7-11(2)12(14)3/h6-10H,5H2,1-4H3,(H,19,20). The molecule has 124 valence electrons. The minimum absolute atomic E-state index is 0.0276. The molecule has 7 heteroatoms. The summed E-state index contributed by atoms with van der Waals surface area (Å²) in [6, 6.07) is 6.64. The van der Waals surface area contributed by atoms with Gasteiger partial charge in [-0.1, -0.05) is 12.1 Å². The molecule has 1 aromatic carbocycles. The third-order valence-corrected chi connectivity index (χ3v) is 5.74. The highest BCUT2D eigenvalue weighted by atomic mass is 32.2. The summed E-state index contributed by atoms with van der Waals surface area (Å²) in [5.74, 6) is -1.15. The number of carboxylic acid groups (broad SMARTS) is 1. The van der Waals surface area contributed by atoms with Crippen LogP contribution in [0.5, 0.6) is 0 Å². The van der Waals surface area contributed by atoms with Crippen LogP contribution in [0.1, 0.15) is 28.5 Å². The minimum atomic E-state index is -3.83. The van der Waals surface area contributed by atoms with Gasteiger partial charge in [0.15, 0.2) is 0 Å². The number of anilines is 1. The van der Waals surface area contributed by atoms with Crippen molar-refractivity contribution in [3.8, 4) is 0 Å². The van der Waals surface area contributed by atoms with E-state index in [-0.39, 0.29) is 10.6 Å². The molecule has 1 heterocycles. The monoisotopic (exact) mass is 336 g/mol. The van der Waals surface area contributed by atoms with Gasteiger partial charge < -0.3 is 9.67 Å². The van der Waals surface area contributed by atoms with Crippen molar-refractivity contribution in [2.75, 3.05) is 11.4 Å². The Morgan fingerprint density at radius 2 is 1.96 bits per heavy atom. The van der Waals surface area contributed by atoms with Crippen molar-refractivity contribution in [1.82, 2.24) is 4.57 Å². The molecule has 0 amide bonds. The van der Waals surface area contributed by atoms with Gasteiger partial charge in [-0.05, 0) is 44.0 Å². The maximum atomic E-state index is 12.8. The van der Waals surface area contributed by atoms with Crippen LogP contribution in [0.3, 0.4) is 0 Å². The maximum Gasteiger partial charge on any atom is 0.352 e. The molecule has 0 atom stereocenters. The normalized spacial score (nSPS) is 11.5. The SMILES string of the molecule is CCn1cc(S(=O)(=O)N(C)c2cccc(C)c2C)cc1C(=O)O. The number of sulfonamides is 1. The van der Waals surface area contributed by atoms with Crippen LogP contribution in [0.4, 0.5) is 5.69 Å². The van der Waals surface area contributed by atoms with Crippen LogP contribution in [0.2, 0.25) is 0 Å². The molecule has 0 bridgehead atoms. The predicted molar refractivity (Wildman–Crippen MR) is 88.6 cm³/mol. The van der Waals surface area contributed by atoms with Gasteiger partial charge >= 0.3 is 5.97 Å². The van der Waals surface area contributed by atoms with E-state index in [4.69, 9.17) is 0 Å². The van der Waals surface area contributed by atoms with Gasteiger partial charge in [-0.25, -0.2) is 13.2 Å². The minimum Gasteiger partial charge on any atom is -0.477 e. The Morgan fingerprint density at radius 1 is 1.30 bits per heavy atom. The highest BCUT2D eigenvalue weighted by molar-refractivity contribution is 7.92. The van der Waals surface area contributed by atoms with E-state index in [1.165, 1.54) is 28.2 Å². The van der Waals surface area contributed by atoms with E-state index in [0.717, 1.165) is 11.1 Å². The van der Waals surface area contributed by atoms with Gasteiger partial charge in [-0.15, -0.1) is 0 Å². The number of hydrogen-bond acceptors (Lipinski definition) is 3. The quantitative estimate of drug-likeness (QED) is 0.910. The van der Waals surface area contributed by atoms with E-state index in [9.17, 15) is 18.3 Å². The Labute approximate surface area is 136 Å². The van der Waals surface area contributed by atoms with Crippen LogP contribution in [0.25, 0.3) is 0 Å². The molecule has 0 aliphatic carbocycles. The van der Waals surface area contributed by atoms with Crippen molar-refractivity contribution in [2.24, 2.45) is 0 Å². The largest absolute Gasteiger partial charge is 0.477 e. The topological polar surface area (TPSA) is 79.6 Å². The molecular formula is C16H20N2O4S. The number of aryl methyl sites for hydroxylation is 2. The summed E-state index contributed by atoms with van der Waals surface area (Å²) in [6.45, 7) is 5.91. The zero-order valence-corrected chi connectivity index (χ0v) is 14.4. The molecule has 2 aromatic rings. The molecule has 0 spiro atoms. The summed E-state index contributed by atoms with van der Waals surface area (Å²) in [4.78, 5) is 11.2. The van der Waals surface area contributed by atoms with Gasteiger partial charge in [0, 0.05) is 19.8 Å². The van der Waals surface area contributed by atoms with Crippen molar-refractivity contribution >= 4 is 21.7 Å². The van der Waals surface area contributed by atoms with E-state index < -0.39 is 16.0 Å². The van der Waals surface area contributed by atoms with Crippen LogP contribution in [0.15, 0.2) is 35.4 Å². The molecule has 0 fully saturated rings. The number of aromatic carboxylic acids is 1. The van der Waals surface area contributed by atoms with E-state index in [1.807, 2.05) is 19.9 Å². The molecule has 6 nitrogen and oxygen atoms in total. The highest BCUT2D eigenvalue weighted by Gasteiger charge is 2.26. The summed E-state index contributed by atoms with van der Waals surface area (Å²) in [6.07, 6.45) is 1.36. The summed E-state index contributed by atoms with van der Waals surface area (Å²) in [5, 5.41) is 9.18.